The molecule has 3 nitrogen and oxygen atoms in total. The Balaban J connectivity index is 2.11. The first-order valence-corrected chi connectivity index (χ1v) is 6.95. The first kappa shape index (κ1) is 13.5. The third-order valence-corrected chi connectivity index (χ3v) is 3.81. The fourth-order valence-electron chi connectivity index (χ4n) is 2.40. The molecule has 1 heterocycles. The summed E-state index contributed by atoms with van der Waals surface area (Å²) in [5.41, 5.74) is 2.16. The maximum Gasteiger partial charge on any atom is 0.260 e. The van der Waals surface area contributed by atoms with Gasteiger partial charge in [-0.3, -0.25) is 9.69 Å². The summed E-state index contributed by atoms with van der Waals surface area (Å²) >= 11 is 4.34. The summed E-state index contributed by atoms with van der Waals surface area (Å²) in [4.78, 5) is 15.0. The number of para-hydroxylation sites is 1. The molecular weight excluding hydrogens is 280 g/mol. The molecule has 1 amide bonds. The molecule has 1 aliphatic heterocycles. The Morgan fingerprint density at radius 3 is 2.62 bits per heavy atom. The number of amides is 1. The Labute approximate surface area is 128 Å². The standard InChI is InChI=1S/C17H12N2OS/c18-11-13-10-9-12-5-1-3-7-15(12)19(13)17(20)14-6-2-4-8-16(14)21/h1-10,13,21H. The van der Waals surface area contributed by atoms with Crippen LogP contribution in [-0.4, -0.2) is 11.9 Å². The second kappa shape index (κ2) is 5.47. The average Bonchev–Trinajstić information content (AvgIpc) is 2.53. The van der Waals surface area contributed by atoms with Gasteiger partial charge < -0.3 is 0 Å². The SMILES string of the molecule is N#CC1C=Cc2ccccc2N1C(=O)c1ccccc1S. The van der Waals surface area contributed by atoms with Crippen LogP contribution in [0.1, 0.15) is 15.9 Å². The number of rotatable bonds is 1. The number of hydrogen-bond donors (Lipinski definition) is 1. The molecule has 3 rings (SSSR count). The maximum absolute atomic E-state index is 12.8. The van der Waals surface area contributed by atoms with Crippen molar-refractivity contribution in [2.24, 2.45) is 0 Å². The quantitative estimate of drug-likeness (QED) is 0.817. The number of thiol groups is 1. The number of anilines is 1. The second-order valence-electron chi connectivity index (χ2n) is 4.68. The van der Waals surface area contributed by atoms with Gasteiger partial charge in [0.15, 0.2) is 0 Å². The zero-order valence-electron chi connectivity index (χ0n) is 11.1. The van der Waals surface area contributed by atoms with Gasteiger partial charge in [0.25, 0.3) is 5.91 Å². The zero-order chi connectivity index (χ0) is 14.8. The number of benzene rings is 2. The summed E-state index contributed by atoms with van der Waals surface area (Å²) in [5.74, 6) is -0.219. The maximum atomic E-state index is 12.8. The Bertz CT molecular complexity index is 776. The Kier molecular flexibility index (Phi) is 3.51. The van der Waals surface area contributed by atoms with Gasteiger partial charge >= 0.3 is 0 Å². The monoisotopic (exact) mass is 292 g/mol. The molecule has 0 saturated carbocycles. The molecule has 0 radical (unpaired) electrons. The predicted octanol–water partition coefficient (Wildman–Crippen LogP) is 3.54. The summed E-state index contributed by atoms with van der Waals surface area (Å²) in [7, 11) is 0. The molecule has 0 saturated heterocycles. The first-order chi connectivity index (χ1) is 10.2. The highest BCUT2D eigenvalue weighted by Gasteiger charge is 2.29. The van der Waals surface area contributed by atoms with E-state index in [9.17, 15) is 10.1 Å². The van der Waals surface area contributed by atoms with E-state index in [4.69, 9.17) is 0 Å². The van der Waals surface area contributed by atoms with Crippen LogP contribution in [0.25, 0.3) is 6.08 Å². The summed E-state index contributed by atoms with van der Waals surface area (Å²) < 4.78 is 0. The number of carbonyl (C=O) groups is 1. The highest BCUT2D eigenvalue weighted by atomic mass is 32.1. The highest BCUT2D eigenvalue weighted by molar-refractivity contribution is 7.80. The number of carbonyl (C=O) groups excluding carboxylic acids is 1. The second-order valence-corrected chi connectivity index (χ2v) is 5.17. The van der Waals surface area contributed by atoms with E-state index >= 15 is 0 Å². The minimum absolute atomic E-state index is 0.219. The van der Waals surface area contributed by atoms with Crippen molar-refractivity contribution in [1.29, 1.82) is 5.26 Å². The lowest BCUT2D eigenvalue weighted by Gasteiger charge is -2.30. The topological polar surface area (TPSA) is 44.1 Å². The minimum atomic E-state index is -0.611. The molecule has 0 bridgehead atoms. The molecule has 0 aromatic heterocycles. The van der Waals surface area contributed by atoms with E-state index in [0.29, 0.717) is 10.5 Å². The molecule has 21 heavy (non-hydrogen) atoms. The summed E-state index contributed by atoms with van der Waals surface area (Å²) in [6.45, 7) is 0. The number of nitrogens with zero attached hydrogens (tertiary/aromatic N) is 2. The fourth-order valence-corrected chi connectivity index (χ4v) is 2.66. The molecular formula is C17H12N2OS. The normalized spacial score (nSPS) is 16.2. The van der Waals surface area contributed by atoms with Gasteiger partial charge in [-0.1, -0.05) is 36.4 Å². The van der Waals surface area contributed by atoms with Gasteiger partial charge in [0.1, 0.15) is 6.04 Å². The minimum Gasteiger partial charge on any atom is -0.288 e. The average molecular weight is 292 g/mol. The van der Waals surface area contributed by atoms with Crippen LogP contribution in [0.5, 0.6) is 0 Å². The van der Waals surface area contributed by atoms with Gasteiger partial charge in [-0.15, -0.1) is 12.6 Å². The number of fused-ring (bicyclic) bond motifs is 1. The van der Waals surface area contributed by atoms with Crippen LogP contribution in [0.2, 0.25) is 0 Å². The van der Waals surface area contributed by atoms with Crippen molar-refractivity contribution < 1.29 is 4.79 Å². The van der Waals surface area contributed by atoms with Gasteiger partial charge in [-0.25, -0.2) is 0 Å². The van der Waals surface area contributed by atoms with Crippen LogP contribution in [0.4, 0.5) is 5.69 Å². The van der Waals surface area contributed by atoms with E-state index in [1.54, 1.807) is 24.3 Å². The van der Waals surface area contributed by atoms with Crippen LogP contribution in [0, 0.1) is 11.3 Å². The Morgan fingerprint density at radius 2 is 1.86 bits per heavy atom. The lowest BCUT2D eigenvalue weighted by atomic mass is 10.0. The van der Waals surface area contributed by atoms with Crippen molar-refractivity contribution in [3.63, 3.8) is 0 Å². The molecule has 1 aliphatic rings. The van der Waals surface area contributed by atoms with Gasteiger partial charge in [-0.05, 0) is 29.8 Å². The predicted molar refractivity (Wildman–Crippen MR) is 85.4 cm³/mol. The molecule has 0 fully saturated rings. The van der Waals surface area contributed by atoms with Crippen LogP contribution in [-0.2, 0) is 0 Å². The van der Waals surface area contributed by atoms with Gasteiger partial charge in [0, 0.05) is 4.90 Å². The lowest BCUT2D eigenvalue weighted by molar-refractivity contribution is 0.0982. The van der Waals surface area contributed by atoms with Crippen LogP contribution in [0.15, 0.2) is 59.5 Å². The van der Waals surface area contributed by atoms with E-state index in [1.807, 2.05) is 36.4 Å². The van der Waals surface area contributed by atoms with E-state index < -0.39 is 6.04 Å². The van der Waals surface area contributed by atoms with Gasteiger partial charge in [-0.2, -0.15) is 5.26 Å². The number of nitriles is 1. The van der Waals surface area contributed by atoms with E-state index in [-0.39, 0.29) is 5.91 Å². The molecule has 1 unspecified atom stereocenters. The molecule has 0 N–H and O–H groups in total. The first-order valence-electron chi connectivity index (χ1n) is 6.51. The summed E-state index contributed by atoms with van der Waals surface area (Å²) in [6, 6.07) is 16.2. The highest BCUT2D eigenvalue weighted by Crippen LogP contribution is 2.31. The van der Waals surface area contributed by atoms with E-state index in [1.165, 1.54) is 4.90 Å². The molecule has 1 atom stereocenters. The van der Waals surface area contributed by atoms with E-state index in [0.717, 1.165) is 11.3 Å². The Morgan fingerprint density at radius 1 is 1.14 bits per heavy atom. The number of hydrogen-bond acceptors (Lipinski definition) is 3. The van der Waals surface area contributed by atoms with Crippen LogP contribution < -0.4 is 4.90 Å². The van der Waals surface area contributed by atoms with Crippen molar-refractivity contribution in [3.8, 4) is 6.07 Å². The largest absolute Gasteiger partial charge is 0.288 e. The lowest BCUT2D eigenvalue weighted by Crippen LogP contribution is -2.40. The molecule has 4 heteroatoms. The van der Waals surface area contributed by atoms with Crippen LogP contribution in [0.3, 0.4) is 0 Å². The molecule has 0 spiro atoms. The smallest absolute Gasteiger partial charge is 0.260 e. The molecule has 2 aromatic rings. The van der Waals surface area contributed by atoms with Crippen molar-refractivity contribution in [1.82, 2.24) is 0 Å². The summed E-state index contributed by atoms with van der Waals surface area (Å²) in [5, 5.41) is 9.34. The zero-order valence-corrected chi connectivity index (χ0v) is 12.0. The van der Waals surface area contributed by atoms with Crippen molar-refractivity contribution >= 4 is 30.3 Å². The molecule has 2 aromatic carbocycles. The molecule has 0 aliphatic carbocycles. The van der Waals surface area contributed by atoms with Crippen molar-refractivity contribution in [2.75, 3.05) is 4.90 Å². The van der Waals surface area contributed by atoms with Crippen molar-refractivity contribution in [3.05, 3.63) is 65.7 Å². The molecule has 102 valence electrons. The Hall–Kier alpha value is -2.51. The fraction of sp³-hybridized carbons (Fsp3) is 0.0588. The third-order valence-electron chi connectivity index (χ3n) is 3.42. The third kappa shape index (κ3) is 2.32. The summed E-state index contributed by atoms with van der Waals surface area (Å²) in [6.07, 6.45) is 3.61. The van der Waals surface area contributed by atoms with Crippen molar-refractivity contribution in [2.45, 2.75) is 10.9 Å². The van der Waals surface area contributed by atoms with Gasteiger partial charge in [0.05, 0.1) is 17.3 Å². The van der Waals surface area contributed by atoms with Crippen LogP contribution >= 0.6 is 12.6 Å². The van der Waals surface area contributed by atoms with E-state index in [2.05, 4.69) is 18.7 Å². The van der Waals surface area contributed by atoms with Gasteiger partial charge in [0.2, 0.25) is 0 Å².